The summed E-state index contributed by atoms with van der Waals surface area (Å²) < 4.78 is 0. The molecule has 1 aliphatic rings. The third kappa shape index (κ3) is 2.45. The average Bonchev–Trinajstić information content (AvgIpc) is 2.32. The SMILES string of the molecule is CCC1Sc2ccccc2N(CC(N)=S)C1=O. The first kappa shape index (κ1) is 12.4. The summed E-state index contributed by atoms with van der Waals surface area (Å²) in [5.74, 6) is 0.101. The molecule has 3 nitrogen and oxygen atoms in total. The summed E-state index contributed by atoms with van der Waals surface area (Å²) in [5, 5.41) is -0.0285. The van der Waals surface area contributed by atoms with Gasteiger partial charge in [-0.15, -0.1) is 11.8 Å². The molecule has 1 unspecified atom stereocenters. The lowest BCUT2D eigenvalue weighted by Crippen LogP contribution is -2.44. The second-order valence-electron chi connectivity index (χ2n) is 3.87. The molecule has 1 aromatic rings. The number of carbonyl (C=O) groups excluding carboxylic acids is 1. The Hall–Kier alpha value is -1.07. The predicted octanol–water partition coefficient (Wildman–Crippen LogP) is 2.19. The molecule has 5 heteroatoms. The molecule has 90 valence electrons. The van der Waals surface area contributed by atoms with Crippen molar-refractivity contribution in [2.24, 2.45) is 5.73 Å². The van der Waals surface area contributed by atoms with Crippen molar-refractivity contribution in [3.63, 3.8) is 0 Å². The molecule has 1 atom stereocenters. The van der Waals surface area contributed by atoms with Crippen molar-refractivity contribution in [3.8, 4) is 0 Å². The lowest BCUT2D eigenvalue weighted by molar-refractivity contribution is -0.118. The molecule has 0 fully saturated rings. The van der Waals surface area contributed by atoms with Crippen LogP contribution in [0.2, 0.25) is 0 Å². The first-order chi connectivity index (χ1) is 8.13. The van der Waals surface area contributed by atoms with E-state index in [1.807, 2.05) is 31.2 Å². The highest BCUT2D eigenvalue weighted by Crippen LogP contribution is 2.39. The minimum absolute atomic E-state index is 0.0285. The van der Waals surface area contributed by atoms with Crippen LogP contribution in [-0.4, -0.2) is 22.7 Å². The largest absolute Gasteiger partial charge is 0.392 e. The number of para-hydroxylation sites is 1. The van der Waals surface area contributed by atoms with Crippen LogP contribution in [0.4, 0.5) is 5.69 Å². The Bertz CT molecular complexity index is 462. The quantitative estimate of drug-likeness (QED) is 0.852. The number of hydrogen-bond acceptors (Lipinski definition) is 3. The van der Waals surface area contributed by atoms with Crippen LogP contribution in [0.25, 0.3) is 0 Å². The molecule has 2 N–H and O–H groups in total. The molecule has 0 spiro atoms. The average molecular weight is 266 g/mol. The molecule has 2 rings (SSSR count). The number of benzene rings is 1. The summed E-state index contributed by atoms with van der Waals surface area (Å²) in [6, 6.07) is 7.87. The van der Waals surface area contributed by atoms with Crippen LogP contribution in [0.3, 0.4) is 0 Å². The number of carbonyl (C=O) groups is 1. The van der Waals surface area contributed by atoms with Crippen LogP contribution in [0.15, 0.2) is 29.2 Å². The Morgan fingerprint density at radius 2 is 2.24 bits per heavy atom. The molecule has 1 aliphatic heterocycles. The molecular weight excluding hydrogens is 252 g/mol. The number of thiocarbonyl (C=S) groups is 1. The third-order valence-electron chi connectivity index (χ3n) is 2.65. The monoisotopic (exact) mass is 266 g/mol. The van der Waals surface area contributed by atoms with Crippen molar-refractivity contribution < 1.29 is 4.79 Å². The van der Waals surface area contributed by atoms with E-state index in [9.17, 15) is 4.79 Å². The van der Waals surface area contributed by atoms with Gasteiger partial charge in [-0.2, -0.15) is 0 Å². The lowest BCUT2D eigenvalue weighted by atomic mass is 10.2. The molecule has 0 aliphatic carbocycles. The van der Waals surface area contributed by atoms with Gasteiger partial charge in [0.05, 0.1) is 22.5 Å². The van der Waals surface area contributed by atoms with Gasteiger partial charge >= 0.3 is 0 Å². The molecule has 0 saturated carbocycles. The summed E-state index contributed by atoms with van der Waals surface area (Å²) in [6.45, 7) is 2.34. The van der Waals surface area contributed by atoms with Crippen LogP contribution >= 0.6 is 24.0 Å². The number of hydrogen-bond donors (Lipinski definition) is 1. The normalized spacial score (nSPS) is 19.0. The van der Waals surface area contributed by atoms with Gasteiger partial charge in [0.2, 0.25) is 5.91 Å². The molecule has 0 saturated heterocycles. The highest BCUT2D eigenvalue weighted by molar-refractivity contribution is 8.01. The van der Waals surface area contributed by atoms with Crippen molar-refractivity contribution in [1.29, 1.82) is 0 Å². The zero-order valence-electron chi connectivity index (χ0n) is 9.55. The number of nitrogens with two attached hydrogens (primary N) is 1. The maximum Gasteiger partial charge on any atom is 0.240 e. The van der Waals surface area contributed by atoms with Gasteiger partial charge in [-0.3, -0.25) is 4.79 Å². The zero-order valence-corrected chi connectivity index (χ0v) is 11.2. The van der Waals surface area contributed by atoms with Gasteiger partial charge in [0.25, 0.3) is 0 Å². The summed E-state index contributed by atoms with van der Waals surface area (Å²) in [7, 11) is 0. The van der Waals surface area contributed by atoms with Crippen molar-refractivity contribution in [1.82, 2.24) is 0 Å². The summed E-state index contributed by atoms with van der Waals surface area (Å²) in [4.78, 5) is 15.4. The van der Waals surface area contributed by atoms with E-state index in [-0.39, 0.29) is 11.2 Å². The van der Waals surface area contributed by atoms with Gasteiger partial charge in [-0.05, 0) is 18.6 Å². The van der Waals surface area contributed by atoms with Crippen LogP contribution < -0.4 is 10.6 Å². The zero-order chi connectivity index (χ0) is 12.4. The Kier molecular flexibility index (Phi) is 3.69. The summed E-state index contributed by atoms with van der Waals surface area (Å²) in [6.07, 6.45) is 0.811. The van der Waals surface area contributed by atoms with E-state index in [1.165, 1.54) is 0 Å². The Labute approximate surface area is 110 Å². The Balaban J connectivity index is 2.40. The van der Waals surface area contributed by atoms with E-state index in [2.05, 4.69) is 0 Å². The fourth-order valence-corrected chi connectivity index (χ4v) is 3.14. The molecule has 0 bridgehead atoms. The molecule has 0 aromatic heterocycles. The Morgan fingerprint density at radius 1 is 1.53 bits per heavy atom. The summed E-state index contributed by atoms with van der Waals surface area (Å²) >= 11 is 6.53. The van der Waals surface area contributed by atoms with Gasteiger partial charge in [-0.1, -0.05) is 31.3 Å². The van der Waals surface area contributed by atoms with Gasteiger partial charge in [0, 0.05) is 4.90 Å². The topological polar surface area (TPSA) is 46.3 Å². The van der Waals surface area contributed by atoms with E-state index >= 15 is 0 Å². The molecule has 1 amide bonds. The van der Waals surface area contributed by atoms with Gasteiger partial charge in [0.15, 0.2) is 0 Å². The number of rotatable bonds is 3. The van der Waals surface area contributed by atoms with E-state index in [4.69, 9.17) is 18.0 Å². The van der Waals surface area contributed by atoms with E-state index in [1.54, 1.807) is 16.7 Å². The second-order valence-corrected chi connectivity index (χ2v) is 5.64. The first-order valence-electron chi connectivity index (χ1n) is 5.49. The molecule has 1 aromatic carbocycles. The number of thioether (sulfide) groups is 1. The summed E-state index contributed by atoms with van der Waals surface area (Å²) in [5.41, 5.74) is 6.48. The van der Waals surface area contributed by atoms with Gasteiger partial charge in [0.1, 0.15) is 0 Å². The fraction of sp³-hybridized carbons (Fsp3) is 0.333. The van der Waals surface area contributed by atoms with Crippen LogP contribution in [0.1, 0.15) is 13.3 Å². The minimum atomic E-state index is -0.0285. The standard InChI is InChI=1S/C12H14N2OS2/c1-2-9-12(15)14(7-11(13)16)8-5-3-4-6-10(8)17-9/h3-6,9H,2,7H2,1H3,(H2,13,16). The van der Waals surface area contributed by atoms with Crippen molar-refractivity contribution in [2.45, 2.75) is 23.5 Å². The highest BCUT2D eigenvalue weighted by Gasteiger charge is 2.32. The Morgan fingerprint density at radius 3 is 2.88 bits per heavy atom. The number of amides is 1. The minimum Gasteiger partial charge on any atom is -0.392 e. The maximum absolute atomic E-state index is 12.2. The predicted molar refractivity (Wildman–Crippen MR) is 75.5 cm³/mol. The van der Waals surface area contributed by atoms with Crippen LogP contribution in [0.5, 0.6) is 0 Å². The van der Waals surface area contributed by atoms with E-state index in [0.717, 1.165) is 17.0 Å². The van der Waals surface area contributed by atoms with Crippen LogP contribution in [0, 0.1) is 0 Å². The molecule has 1 heterocycles. The highest BCUT2D eigenvalue weighted by atomic mass is 32.2. The van der Waals surface area contributed by atoms with Crippen molar-refractivity contribution >= 4 is 40.6 Å². The maximum atomic E-state index is 12.2. The lowest BCUT2D eigenvalue weighted by Gasteiger charge is -2.33. The van der Waals surface area contributed by atoms with Crippen molar-refractivity contribution in [2.75, 3.05) is 11.4 Å². The smallest absolute Gasteiger partial charge is 0.240 e. The van der Waals surface area contributed by atoms with Crippen LogP contribution in [-0.2, 0) is 4.79 Å². The molecule has 0 radical (unpaired) electrons. The number of anilines is 1. The first-order valence-corrected chi connectivity index (χ1v) is 6.77. The van der Waals surface area contributed by atoms with Gasteiger partial charge in [-0.25, -0.2) is 0 Å². The van der Waals surface area contributed by atoms with E-state index in [0.29, 0.717) is 11.5 Å². The van der Waals surface area contributed by atoms with Gasteiger partial charge < -0.3 is 10.6 Å². The number of fused-ring (bicyclic) bond motifs is 1. The van der Waals surface area contributed by atoms with Crippen molar-refractivity contribution in [3.05, 3.63) is 24.3 Å². The van der Waals surface area contributed by atoms with E-state index < -0.39 is 0 Å². The molecular formula is C12H14N2OS2. The third-order valence-corrected chi connectivity index (χ3v) is 4.20. The fourth-order valence-electron chi connectivity index (χ4n) is 1.85. The number of nitrogens with zero attached hydrogens (tertiary/aromatic N) is 1. The molecule has 17 heavy (non-hydrogen) atoms. The second kappa shape index (κ2) is 5.06.